The van der Waals surface area contributed by atoms with Gasteiger partial charge in [-0.2, -0.15) is 0 Å². The number of aliphatic hydroxyl groups is 1. The van der Waals surface area contributed by atoms with Crippen LogP contribution in [0.4, 0.5) is 0 Å². The lowest BCUT2D eigenvalue weighted by molar-refractivity contribution is 0.233. The highest BCUT2D eigenvalue weighted by Gasteiger charge is 2.19. The molecule has 1 fully saturated rings. The minimum absolute atomic E-state index is 0.272. The third kappa shape index (κ3) is 3.78. The minimum atomic E-state index is 0.272. The highest BCUT2D eigenvalue weighted by Crippen LogP contribution is 2.07. The van der Waals surface area contributed by atoms with Crippen LogP contribution in [0.1, 0.15) is 13.3 Å². The molecule has 3 heteroatoms. The summed E-state index contributed by atoms with van der Waals surface area (Å²) in [6, 6.07) is 0.435. The highest BCUT2D eigenvalue weighted by atomic mass is 16.3. The van der Waals surface area contributed by atoms with Gasteiger partial charge in [-0.05, 0) is 18.9 Å². The van der Waals surface area contributed by atoms with Crippen molar-refractivity contribution >= 4 is 0 Å². The van der Waals surface area contributed by atoms with E-state index >= 15 is 0 Å². The van der Waals surface area contributed by atoms with Crippen LogP contribution in [0.2, 0.25) is 0 Å². The van der Waals surface area contributed by atoms with Crippen LogP contribution in [0.15, 0.2) is 12.7 Å². The van der Waals surface area contributed by atoms with Gasteiger partial charge in [0.2, 0.25) is 0 Å². The number of hydrogen-bond acceptors (Lipinski definition) is 3. The molecule has 14 heavy (non-hydrogen) atoms. The molecule has 0 amide bonds. The molecule has 1 aliphatic heterocycles. The fraction of sp³-hybridized carbons (Fsp3) is 0.818. The summed E-state index contributed by atoms with van der Waals surface area (Å²) in [7, 11) is 0. The summed E-state index contributed by atoms with van der Waals surface area (Å²) in [5.74, 6) is 0.679. The summed E-state index contributed by atoms with van der Waals surface area (Å²) in [6.45, 7) is 10.5. The summed E-state index contributed by atoms with van der Waals surface area (Å²) in [4.78, 5) is 2.40. The molecule has 1 aliphatic rings. The van der Waals surface area contributed by atoms with Gasteiger partial charge in [0.15, 0.2) is 0 Å². The number of nitrogens with zero attached hydrogens (tertiary/aromatic N) is 1. The maximum Gasteiger partial charge on any atom is 0.0446 e. The van der Waals surface area contributed by atoms with E-state index in [1.807, 2.05) is 6.08 Å². The summed E-state index contributed by atoms with van der Waals surface area (Å²) in [6.07, 6.45) is 2.80. The molecule has 0 spiro atoms. The fourth-order valence-electron chi connectivity index (χ4n) is 2.00. The van der Waals surface area contributed by atoms with Gasteiger partial charge in [-0.3, -0.25) is 4.90 Å². The lowest BCUT2D eigenvalue weighted by Gasteiger charge is -2.23. The Kier molecular flexibility index (Phi) is 5.15. The first kappa shape index (κ1) is 11.7. The summed E-state index contributed by atoms with van der Waals surface area (Å²) in [5, 5.41) is 12.4. The largest absolute Gasteiger partial charge is 0.396 e. The van der Waals surface area contributed by atoms with Crippen molar-refractivity contribution in [2.24, 2.45) is 5.92 Å². The van der Waals surface area contributed by atoms with Crippen molar-refractivity contribution in [1.82, 2.24) is 10.2 Å². The molecule has 1 heterocycles. The van der Waals surface area contributed by atoms with Crippen LogP contribution in [0.5, 0.6) is 0 Å². The van der Waals surface area contributed by atoms with Crippen molar-refractivity contribution in [2.75, 3.05) is 32.8 Å². The number of rotatable bonds is 4. The third-order valence-electron chi connectivity index (χ3n) is 2.67. The molecule has 0 bridgehead atoms. The normalized spacial score (nSPS) is 29.9. The van der Waals surface area contributed by atoms with E-state index < -0.39 is 0 Å². The number of nitrogens with one attached hydrogen (secondary N) is 1. The van der Waals surface area contributed by atoms with Gasteiger partial charge in [-0.15, -0.1) is 6.58 Å². The Hall–Kier alpha value is -0.380. The summed E-state index contributed by atoms with van der Waals surface area (Å²) < 4.78 is 0. The molecule has 0 aliphatic carbocycles. The van der Waals surface area contributed by atoms with Crippen LogP contribution < -0.4 is 5.32 Å². The standard InChI is InChI=1S/C11H22N2O/c1-3-5-13-8-10(2)7-12-11(9-13)4-6-14/h3,10-12,14H,1,4-9H2,2H3. The van der Waals surface area contributed by atoms with E-state index in [9.17, 15) is 0 Å². The van der Waals surface area contributed by atoms with E-state index in [1.165, 1.54) is 0 Å². The zero-order valence-corrected chi connectivity index (χ0v) is 9.08. The molecule has 0 aromatic rings. The molecule has 0 saturated carbocycles. The number of hydrogen-bond donors (Lipinski definition) is 2. The van der Waals surface area contributed by atoms with Crippen LogP contribution in [-0.4, -0.2) is 48.8 Å². The molecule has 0 aromatic carbocycles. The van der Waals surface area contributed by atoms with Gasteiger partial charge in [0.05, 0.1) is 0 Å². The van der Waals surface area contributed by atoms with Crippen LogP contribution in [-0.2, 0) is 0 Å². The Labute approximate surface area is 86.8 Å². The van der Waals surface area contributed by atoms with Crippen molar-refractivity contribution in [2.45, 2.75) is 19.4 Å². The first-order valence-corrected chi connectivity index (χ1v) is 5.43. The highest BCUT2D eigenvalue weighted by molar-refractivity contribution is 4.83. The minimum Gasteiger partial charge on any atom is -0.396 e. The second-order valence-corrected chi connectivity index (χ2v) is 4.23. The van der Waals surface area contributed by atoms with E-state index in [-0.39, 0.29) is 6.61 Å². The Morgan fingerprint density at radius 3 is 3.00 bits per heavy atom. The maximum atomic E-state index is 8.91. The first-order chi connectivity index (χ1) is 6.76. The Balaban J connectivity index is 2.45. The van der Waals surface area contributed by atoms with E-state index in [4.69, 9.17) is 5.11 Å². The van der Waals surface area contributed by atoms with Gasteiger partial charge in [-0.25, -0.2) is 0 Å². The molecule has 0 aromatic heterocycles. The monoisotopic (exact) mass is 198 g/mol. The van der Waals surface area contributed by atoms with Crippen LogP contribution in [0, 0.1) is 5.92 Å². The molecule has 3 nitrogen and oxygen atoms in total. The van der Waals surface area contributed by atoms with Crippen LogP contribution >= 0.6 is 0 Å². The molecule has 1 saturated heterocycles. The van der Waals surface area contributed by atoms with Gasteiger partial charge >= 0.3 is 0 Å². The zero-order valence-electron chi connectivity index (χ0n) is 9.08. The van der Waals surface area contributed by atoms with Crippen molar-refractivity contribution in [3.8, 4) is 0 Å². The molecular formula is C11H22N2O. The summed E-state index contributed by atoms with van der Waals surface area (Å²) in [5.41, 5.74) is 0. The lowest BCUT2D eigenvalue weighted by Crippen LogP contribution is -2.38. The second kappa shape index (κ2) is 6.17. The van der Waals surface area contributed by atoms with Crippen molar-refractivity contribution in [3.05, 3.63) is 12.7 Å². The van der Waals surface area contributed by atoms with Gasteiger partial charge in [-0.1, -0.05) is 13.0 Å². The molecular weight excluding hydrogens is 176 g/mol. The zero-order chi connectivity index (χ0) is 10.4. The molecule has 1 rings (SSSR count). The first-order valence-electron chi connectivity index (χ1n) is 5.43. The Bertz CT molecular complexity index is 173. The third-order valence-corrected chi connectivity index (χ3v) is 2.67. The Morgan fingerprint density at radius 2 is 2.36 bits per heavy atom. The van der Waals surface area contributed by atoms with E-state index in [2.05, 4.69) is 23.7 Å². The van der Waals surface area contributed by atoms with Gasteiger partial charge in [0, 0.05) is 32.3 Å². The molecule has 82 valence electrons. The van der Waals surface area contributed by atoms with Crippen molar-refractivity contribution < 1.29 is 5.11 Å². The lowest BCUT2D eigenvalue weighted by atomic mass is 10.2. The van der Waals surface area contributed by atoms with Crippen molar-refractivity contribution in [3.63, 3.8) is 0 Å². The average Bonchev–Trinajstić information content (AvgIpc) is 2.30. The average molecular weight is 198 g/mol. The van der Waals surface area contributed by atoms with E-state index in [0.717, 1.165) is 32.6 Å². The summed E-state index contributed by atoms with van der Waals surface area (Å²) >= 11 is 0. The van der Waals surface area contributed by atoms with Crippen LogP contribution in [0.25, 0.3) is 0 Å². The molecule has 2 atom stereocenters. The van der Waals surface area contributed by atoms with E-state index in [0.29, 0.717) is 12.0 Å². The smallest absolute Gasteiger partial charge is 0.0446 e. The molecule has 0 radical (unpaired) electrons. The Morgan fingerprint density at radius 1 is 1.57 bits per heavy atom. The van der Waals surface area contributed by atoms with Crippen LogP contribution in [0.3, 0.4) is 0 Å². The van der Waals surface area contributed by atoms with Gasteiger partial charge in [0.1, 0.15) is 0 Å². The van der Waals surface area contributed by atoms with Gasteiger partial charge < -0.3 is 10.4 Å². The van der Waals surface area contributed by atoms with E-state index in [1.54, 1.807) is 0 Å². The number of aliphatic hydroxyl groups excluding tert-OH is 1. The van der Waals surface area contributed by atoms with Gasteiger partial charge in [0.25, 0.3) is 0 Å². The predicted molar refractivity (Wildman–Crippen MR) is 59.3 cm³/mol. The molecule has 2 unspecified atom stereocenters. The molecule has 2 N–H and O–H groups in total. The predicted octanol–water partition coefficient (Wildman–Crippen LogP) is 0.465. The maximum absolute atomic E-state index is 8.91. The quantitative estimate of drug-likeness (QED) is 0.644. The van der Waals surface area contributed by atoms with Crippen molar-refractivity contribution in [1.29, 1.82) is 0 Å². The SMILES string of the molecule is C=CCN1CC(C)CNC(CCO)C1. The second-order valence-electron chi connectivity index (χ2n) is 4.23. The fourth-order valence-corrected chi connectivity index (χ4v) is 2.00. The topological polar surface area (TPSA) is 35.5 Å².